The predicted molar refractivity (Wildman–Crippen MR) is 128 cm³/mol. The van der Waals surface area contributed by atoms with Crippen LogP contribution in [0.4, 0.5) is 16.2 Å². The first-order valence-corrected chi connectivity index (χ1v) is 10.7. The third kappa shape index (κ3) is 9.22. The topological polar surface area (TPSA) is 120 Å². The van der Waals surface area contributed by atoms with Crippen molar-refractivity contribution in [1.82, 2.24) is 5.32 Å². The minimum absolute atomic E-state index is 0.237. The highest BCUT2D eigenvalue weighted by atomic mass is 16.6. The quantitative estimate of drug-likeness (QED) is 0.441. The number of ether oxygens (including phenoxy) is 2. The lowest BCUT2D eigenvalue weighted by Crippen LogP contribution is -2.47. The Morgan fingerprint density at radius 1 is 0.848 bits per heavy atom. The molecule has 0 fully saturated rings. The first-order valence-electron chi connectivity index (χ1n) is 10.7. The summed E-state index contributed by atoms with van der Waals surface area (Å²) in [5.41, 5.74) is 6.69. The molecule has 8 heteroatoms. The van der Waals surface area contributed by atoms with Crippen molar-refractivity contribution in [3.05, 3.63) is 59.7 Å². The van der Waals surface area contributed by atoms with Crippen molar-refractivity contribution in [2.24, 2.45) is 0 Å². The molecule has 8 nitrogen and oxygen atoms in total. The zero-order valence-corrected chi connectivity index (χ0v) is 20.0. The standard InChI is InChI=1S/C25H33N3O5/c1-24(2,3)32-22(30)17-9-13-19(14-10-17)27-21(29)20(28-23(31)33-25(4,5)6)15-16-7-11-18(26)12-8-16/h7-14,20H,15,26H2,1-6H3,(H,27,29)(H,28,31). The van der Waals surface area contributed by atoms with E-state index in [1.54, 1.807) is 90.1 Å². The van der Waals surface area contributed by atoms with Gasteiger partial charge in [-0.1, -0.05) is 12.1 Å². The summed E-state index contributed by atoms with van der Waals surface area (Å²) in [5, 5.41) is 5.40. The molecule has 0 aromatic heterocycles. The summed E-state index contributed by atoms with van der Waals surface area (Å²) in [6, 6.07) is 12.5. The van der Waals surface area contributed by atoms with E-state index in [1.165, 1.54) is 0 Å². The van der Waals surface area contributed by atoms with Gasteiger partial charge < -0.3 is 25.8 Å². The van der Waals surface area contributed by atoms with Crippen LogP contribution in [0.15, 0.2) is 48.5 Å². The van der Waals surface area contributed by atoms with Crippen LogP contribution in [0, 0.1) is 0 Å². The SMILES string of the molecule is CC(C)(C)OC(=O)NC(Cc1ccc(N)cc1)C(=O)Nc1ccc(C(=O)OC(C)(C)C)cc1. The lowest BCUT2D eigenvalue weighted by atomic mass is 10.0. The van der Waals surface area contributed by atoms with Gasteiger partial charge >= 0.3 is 12.1 Å². The van der Waals surface area contributed by atoms with E-state index >= 15 is 0 Å². The molecule has 2 aromatic rings. The molecule has 0 aliphatic heterocycles. The number of hydrogen-bond acceptors (Lipinski definition) is 6. The molecule has 1 unspecified atom stereocenters. The van der Waals surface area contributed by atoms with E-state index in [9.17, 15) is 14.4 Å². The Bertz CT molecular complexity index is 971. The monoisotopic (exact) mass is 455 g/mol. The fraction of sp³-hybridized carbons (Fsp3) is 0.400. The van der Waals surface area contributed by atoms with Crippen LogP contribution in [0.3, 0.4) is 0 Å². The highest BCUT2D eigenvalue weighted by Crippen LogP contribution is 2.16. The molecule has 4 N–H and O–H groups in total. The molecule has 0 saturated heterocycles. The first kappa shape index (κ1) is 25.7. The Morgan fingerprint density at radius 2 is 1.39 bits per heavy atom. The van der Waals surface area contributed by atoms with E-state index in [0.717, 1.165) is 5.56 Å². The van der Waals surface area contributed by atoms with Crippen molar-refractivity contribution in [2.75, 3.05) is 11.1 Å². The normalized spacial score (nSPS) is 12.4. The molecule has 33 heavy (non-hydrogen) atoms. The van der Waals surface area contributed by atoms with Gasteiger partial charge in [0.25, 0.3) is 0 Å². The maximum Gasteiger partial charge on any atom is 0.408 e. The minimum Gasteiger partial charge on any atom is -0.456 e. The van der Waals surface area contributed by atoms with Gasteiger partial charge in [-0.05, 0) is 83.5 Å². The van der Waals surface area contributed by atoms with Gasteiger partial charge in [-0.2, -0.15) is 0 Å². The van der Waals surface area contributed by atoms with Crippen molar-refractivity contribution in [3.63, 3.8) is 0 Å². The Hall–Kier alpha value is -3.55. The number of carbonyl (C=O) groups is 3. The number of carbonyl (C=O) groups excluding carboxylic acids is 3. The van der Waals surface area contributed by atoms with Crippen LogP contribution >= 0.6 is 0 Å². The van der Waals surface area contributed by atoms with Gasteiger partial charge in [0.2, 0.25) is 5.91 Å². The number of alkyl carbamates (subject to hydrolysis) is 1. The van der Waals surface area contributed by atoms with Crippen LogP contribution in [0.2, 0.25) is 0 Å². The van der Waals surface area contributed by atoms with Crippen molar-refractivity contribution >= 4 is 29.3 Å². The molecule has 1 atom stereocenters. The smallest absolute Gasteiger partial charge is 0.408 e. The summed E-state index contributed by atoms with van der Waals surface area (Å²) in [7, 11) is 0. The molecule has 2 aromatic carbocycles. The van der Waals surface area contributed by atoms with E-state index in [0.29, 0.717) is 16.9 Å². The number of nitrogens with two attached hydrogens (primary N) is 1. The summed E-state index contributed by atoms with van der Waals surface area (Å²) >= 11 is 0. The van der Waals surface area contributed by atoms with Gasteiger partial charge in [0.05, 0.1) is 5.56 Å². The molecule has 2 rings (SSSR count). The number of esters is 1. The average Bonchev–Trinajstić information content (AvgIpc) is 2.67. The molecule has 0 aliphatic rings. The summed E-state index contributed by atoms with van der Waals surface area (Å²) < 4.78 is 10.7. The highest BCUT2D eigenvalue weighted by Gasteiger charge is 2.25. The predicted octanol–water partition coefficient (Wildman–Crippen LogP) is 4.30. The number of anilines is 2. The van der Waals surface area contributed by atoms with Gasteiger partial charge in [-0.15, -0.1) is 0 Å². The highest BCUT2D eigenvalue weighted by molar-refractivity contribution is 5.97. The van der Waals surface area contributed by atoms with E-state index < -0.39 is 35.2 Å². The van der Waals surface area contributed by atoms with Crippen LogP contribution in [0.25, 0.3) is 0 Å². The van der Waals surface area contributed by atoms with Crippen LogP contribution in [-0.4, -0.2) is 35.2 Å². The molecule has 0 saturated carbocycles. The first-order chi connectivity index (χ1) is 15.2. The summed E-state index contributed by atoms with van der Waals surface area (Å²) in [6.07, 6.45) is -0.459. The molecule has 0 radical (unpaired) electrons. The lowest BCUT2D eigenvalue weighted by Gasteiger charge is -2.23. The maximum atomic E-state index is 13.0. The second kappa shape index (κ2) is 10.4. The Kier molecular flexibility index (Phi) is 8.08. The molecule has 0 bridgehead atoms. The second-order valence-electron chi connectivity index (χ2n) is 9.71. The Morgan fingerprint density at radius 3 is 1.91 bits per heavy atom. The van der Waals surface area contributed by atoms with Crippen molar-refractivity contribution in [1.29, 1.82) is 0 Å². The van der Waals surface area contributed by atoms with Gasteiger partial charge in [-0.25, -0.2) is 9.59 Å². The number of rotatable bonds is 6. The van der Waals surface area contributed by atoms with Crippen LogP contribution in [0.5, 0.6) is 0 Å². The molecule has 178 valence electrons. The van der Waals surface area contributed by atoms with E-state index in [1.807, 2.05) is 0 Å². The van der Waals surface area contributed by atoms with E-state index in [2.05, 4.69) is 10.6 Å². The van der Waals surface area contributed by atoms with E-state index in [4.69, 9.17) is 15.2 Å². The fourth-order valence-corrected chi connectivity index (χ4v) is 2.80. The van der Waals surface area contributed by atoms with Gasteiger partial charge in [-0.3, -0.25) is 4.79 Å². The summed E-state index contributed by atoms with van der Waals surface area (Å²) in [5.74, 6) is -0.879. The third-order valence-electron chi connectivity index (χ3n) is 4.21. The van der Waals surface area contributed by atoms with Crippen molar-refractivity contribution in [2.45, 2.75) is 65.2 Å². The summed E-state index contributed by atoms with van der Waals surface area (Å²) in [6.45, 7) is 10.6. The largest absolute Gasteiger partial charge is 0.456 e. The minimum atomic E-state index is -0.894. The molecular weight excluding hydrogens is 422 g/mol. The van der Waals surface area contributed by atoms with E-state index in [-0.39, 0.29) is 6.42 Å². The maximum absolute atomic E-state index is 13.0. The van der Waals surface area contributed by atoms with Gasteiger partial charge in [0.1, 0.15) is 17.2 Å². The number of amides is 2. The van der Waals surface area contributed by atoms with Gasteiger partial charge in [0, 0.05) is 17.8 Å². The lowest BCUT2D eigenvalue weighted by molar-refractivity contribution is -0.118. The van der Waals surface area contributed by atoms with Crippen molar-refractivity contribution < 1.29 is 23.9 Å². The fourth-order valence-electron chi connectivity index (χ4n) is 2.80. The molecular formula is C25H33N3O5. The number of hydrogen-bond donors (Lipinski definition) is 3. The Labute approximate surface area is 194 Å². The molecule has 0 spiro atoms. The Balaban J connectivity index is 2.13. The van der Waals surface area contributed by atoms with Crippen molar-refractivity contribution in [3.8, 4) is 0 Å². The average molecular weight is 456 g/mol. The van der Waals surface area contributed by atoms with Gasteiger partial charge in [0.15, 0.2) is 0 Å². The second-order valence-corrected chi connectivity index (χ2v) is 9.71. The van der Waals surface area contributed by atoms with Crippen LogP contribution in [-0.2, 0) is 20.7 Å². The number of nitrogen functional groups attached to an aromatic ring is 1. The van der Waals surface area contributed by atoms with Crippen LogP contribution < -0.4 is 16.4 Å². The summed E-state index contributed by atoms with van der Waals surface area (Å²) in [4.78, 5) is 37.5. The molecule has 0 aliphatic carbocycles. The zero-order chi connectivity index (χ0) is 24.8. The zero-order valence-electron chi connectivity index (χ0n) is 20.0. The molecule has 0 heterocycles. The number of nitrogens with one attached hydrogen (secondary N) is 2. The van der Waals surface area contributed by atoms with Crippen LogP contribution in [0.1, 0.15) is 57.5 Å². The molecule has 2 amide bonds. The number of benzene rings is 2. The third-order valence-corrected chi connectivity index (χ3v) is 4.21.